The van der Waals surface area contributed by atoms with E-state index in [1.54, 1.807) is 30.5 Å². The number of halogens is 1. The van der Waals surface area contributed by atoms with Gasteiger partial charge in [0.1, 0.15) is 22.8 Å². The number of carbonyl (C=O) groups is 1. The Morgan fingerprint density at radius 2 is 1.83 bits per heavy atom. The molecule has 3 N–H and O–H groups in total. The molecule has 17 heteroatoms. The minimum atomic E-state index is -4.56. The number of H-pyrrole nitrogens is 1. The van der Waals surface area contributed by atoms with Crippen LogP contribution in [0.5, 0.6) is 11.5 Å². The predicted octanol–water partition coefficient (Wildman–Crippen LogP) is 7.72. The molecule has 15 nitrogen and oxygen atoms in total. The zero-order valence-corrected chi connectivity index (χ0v) is 37.7. The Hall–Kier alpha value is -5.00. The number of aromatic amines is 1. The largest absolute Gasteiger partial charge is 0.455 e. The first-order valence-electron chi connectivity index (χ1n) is 21.8. The van der Waals surface area contributed by atoms with Crippen LogP contribution in [0.15, 0.2) is 89.1 Å². The van der Waals surface area contributed by atoms with Gasteiger partial charge in [-0.1, -0.05) is 31.6 Å². The van der Waals surface area contributed by atoms with Gasteiger partial charge in [-0.05, 0) is 85.9 Å². The summed E-state index contributed by atoms with van der Waals surface area (Å²) >= 11 is 6.13. The van der Waals surface area contributed by atoms with E-state index in [-0.39, 0.29) is 22.4 Å². The molecule has 8 rings (SSSR count). The van der Waals surface area contributed by atoms with Crippen LogP contribution in [0.25, 0.3) is 11.0 Å². The number of allylic oxidation sites excluding steroid dienone is 2. The summed E-state index contributed by atoms with van der Waals surface area (Å²) in [5.74, 6) is 0.0932. The number of fused-ring (bicyclic) bond motifs is 1. The second-order valence-electron chi connectivity index (χ2n) is 18.2. The molecule has 4 aliphatic rings. The van der Waals surface area contributed by atoms with Gasteiger partial charge in [-0.15, -0.1) is 11.6 Å². The molecule has 1 amide bonds. The molecule has 1 spiro atoms. The van der Waals surface area contributed by atoms with Gasteiger partial charge in [0, 0.05) is 113 Å². The molecule has 0 radical (unpaired) electrons. The van der Waals surface area contributed by atoms with Crippen LogP contribution in [0, 0.1) is 20.9 Å². The number of carbonyl (C=O) groups excluding carboxylic acids is 1. The van der Waals surface area contributed by atoms with Gasteiger partial charge in [0.25, 0.3) is 21.6 Å². The molecule has 0 atom stereocenters. The molecule has 2 aromatic carbocycles. The van der Waals surface area contributed by atoms with E-state index in [1.807, 2.05) is 6.07 Å². The lowest BCUT2D eigenvalue weighted by molar-refractivity contribution is -0.384. The van der Waals surface area contributed by atoms with Crippen molar-refractivity contribution < 1.29 is 27.6 Å². The highest BCUT2D eigenvalue weighted by molar-refractivity contribution is 7.90. The number of likely N-dealkylation sites (tertiary alicyclic amines) is 1. The zero-order chi connectivity index (χ0) is 44.4. The minimum Gasteiger partial charge on any atom is -0.455 e. The number of anilines is 2. The number of piperazine rings is 1. The quantitative estimate of drug-likeness (QED) is 0.0568. The lowest BCUT2D eigenvalue weighted by Gasteiger charge is -2.52. The molecular formula is C46H57ClN8O7S. The van der Waals surface area contributed by atoms with Gasteiger partial charge in [-0.3, -0.25) is 19.8 Å². The van der Waals surface area contributed by atoms with E-state index >= 15 is 0 Å². The summed E-state index contributed by atoms with van der Waals surface area (Å²) in [6.45, 7) is 17.6. The molecule has 0 bridgehead atoms. The summed E-state index contributed by atoms with van der Waals surface area (Å²) < 4.78 is 41.4. The summed E-state index contributed by atoms with van der Waals surface area (Å²) in [5.41, 5.74) is 5.74. The Morgan fingerprint density at radius 1 is 1.05 bits per heavy atom. The van der Waals surface area contributed by atoms with Crippen LogP contribution in [0.4, 0.5) is 17.1 Å². The van der Waals surface area contributed by atoms with Gasteiger partial charge >= 0.3 is 0 Å². The monoisotopic (exact) mass is 900 g/mol. The number of ether oxygens (including phenoxy) is 2. The SMILES string of the molecule is C=C(CCCl)C1=C(CN2CCN(c3ccc(C(=O)NS(=O)(=O)c4ccc(NCCN5CC6(CCOCC6)C5)c([N+](=O)[O-])c4)c(Oc4cnc5[nH]ccc5c4)c3)CC2)CCC(C)(C)C1. The van der Waals surface area contributed by atoms with Crippen LogP contribution in [0.3, 0.4) is 0 Å². The maximum Gasteiger partial charge on any atom is 0.293 e. The van der Waals surface area contributed by atoms with Gasteiger partial charge in [0.05, 0.1) is 21.6 Å². The number of nitrogens with zero attached hydrogens (tertiary/aromatic N) is 5. The number of rotatable bonds is 16. The van der Waals surface area contributed by atoms with E-state index in [2.05, 4.69) is 55.1 Å². The summed E-state index contributed by atoms with van der Waals surface area (Å²) in [6.07, 6.45) is 9.35. The van der Waals surface area contributed by atoms with E-state index in [4.69, 9.17) is 21.1 Å². The third-order valence-electron chi connectivity index (χ3n) is 13.1. The van der Waals surface area contributed by atoms with E-state index in [9.17, 15) is 23.3 Å². The van der Waals surface area contributed by atoms with Crippen molar-refractivity contribution in [2.24, 2.45) is 10.8 Å². The number of benzene rings is 2. The van der Waals surface area contributed by atoms with Crippen molar-refractivity contribution in [1.82, 2.24) is 24.5 Å². The Morgan fingerprint density at radius 3 is 2.57 bits per heavy atom. The molecule has 2 aromatic heterocycles. The standard InChI is InChI=1S/C46H57ClN8O7S/c1-32(9-14-47)39-27-45(2,3)11-8-34(39)29-52-18-20-54(21-19-52)35-4-6-38(42(25-35)62-36-24-33-10-15-49-43(33)50-28-36)44(56)51-63(59,60)37-5-7-40(41(26-37)55(57)58)48-16-17-53-30-46(31-53)12-22-61-23-13-46/h4-7,10,15,24-26,28,48H,1,8-9,11-14,16-23,27,29-31H2,2-3H3,(H,49,50)(H,51,56). The van der Waals surface area contributed by atoms with Crippen LogP contribution < -0.4 is 19.7 Å². The minimum absolute atomic E-state index is 0.0340. The second-order valence-corrected chi connectivity index (χ2v) is 20.3. The molecule has 336 valence electrons. The van der Waals surface area contributed by atoms with Gasteiger partial charge in [-0.25, -0.2) is 18.1 Å². The number of amides is 1. The number of hydrogen-bond donors (Lipinski definition) is 3. The van der Waals surface area contributed by atoms with Crippen molar-refractivity contribution in [2.45, 2.75) is 57.3 Å². The summed E-state index contributed by atoms with van der Waals surface area (Å²) in [4.78, 5) is 39.5. The Balaban J connectivity index is 0.962. The number of nitro groups is 1. The lowest BCUT2D eigenvalue weighted by atomic mass is 9.72. The summed E-state index contributed by atoms with van der Waals surface area (Å²) in [5, 5.41) is 16.1. The first-order chi connectivity index (χ1) is 30.2. The smallest absolute Gasteiger partial charge is 0.293 e. The number of nitro benzene ring substituents is 1. The Bertz CT molecular complexity index is 2500. The average Bonchev–Trinajstić information content (AvgIpc) is 3.72. The van der Waals surface area contributed by atoms with Gasteiger partial charge in [0.2, 0.25) is 0 Å². The number of hydrogen-bond acceptors (Lipinski definition) is 12. The molecule has 0 unspecified atom stereocenters. The van der Waals surface area contributed by atoms with Crippen molar-refractivity contribution >= 4 is 55.6 Å². The van der Waals surface area contributed by atoms with Crippen LogP contribution >= 0.6 is 11.6 Å². The number of nitrogens with one attached hydrogen (secondary N) is 3. The molecule has 3 saturated heterocycles. The Labute approximate surface area is 374 Å². The van der Waals surface area contributed by atoms with Crippen LogP contribution in [-0.4, -0.2) is 117 Å². The summed E-state index contributed by atoms with van der Waals surface area (Å²) in [6, 6.07) is 12.3. The number of pyridine rings is 1. The van der Waals surface area contributed by atoms with Crippen molar-refractivity contribution in [3.63, 3.8) is 0 Å². The van der Waals surface area contributed by atoms with Crippen LogP contribution in [0.1, 0.15) is 62.7 Å². The van der Waals surface area contributed by atoms with Crippen LogP contribution in [0.2, 0.25) is 0 Å². The van der Waals surface area contributed by atoms with E-state index < -0.39 is 31.4 Å². The zero-order valence-electron chi connectivity index (χ0n) is 36.1. The normalized spacial score (nSPS) is 19.2. The molecule has 3 aliphatic heterocycles. The maximum absolute atomic E-state index is 13.9. The number of sulfonamides is 1. The fourth-order valence-corrected chi connectivity index (χ4v) is 10.6. The molecule has 0 saturated carbocycles. The number of alkyl halides is 1. The highest BCUT2D eigenvalue weighted by Gasteiger charge is 2.43. The molecule has 4 aromatic rings. The van der Waals surface area contributed by atoms with Gasteiger partial charge < -0.3 is 29.6 Å². The third-order valence-corrected chi connectivity index (χ3v) is 14.6. The topological polar surface area (TPSA) is 175 Å². The molecule has 5 heterocycles. The Kier molecular flexibility index (Phi) is 13.2. The van der Waals surface area contributed by atoms with E-state index in [0.717, 1.165) is 120 Å². The van der Waals surface area contributed by atoms with Crippen LogP contribution in [-0.2, 0) is 14.8 Å². The predicted molar refractivity (Wildman–Crippen MR) is 246 cm³/mol. The average molecular weight is 902 g/mol. The van der Waals surface area contributed by atoms with Gasteiger partial charge in [0.15, 0.2) is 0 Å². The van der Waals surface area contributed by atoms with Gasteiger partial charge in [-0.2, -0.15) is 0 Å². The first-order valence-corrected chi connectivity index (χ1v) is 23.8. The van der Waals surface area contributed by atoms with Crippen molar-refractivity contribution in [1.29, 1.82) is 0 Å². The number of aromatic nitrogens is 2. The van der Waals surface area contributed by atoms with Crippen molar-refractivity contribution in [3.05, 3.63) is 99.9 Å². The highest BCUT2D eigenvalue weighted by atomic mass is 35.5. The van der Waals surface area contributed by atoms with E-state index in [1.165, 1.54) is 29.5 Å². The lowest BCUT2D eigenvalue weighted by Crippen LogP contribution is -2.59. The first kappa shape index (κ1) is 44.6. The molecule has 1 aliphatic carbocycles. The fraction of sp³-hybridized carbons (Fsp3) is 0.478. The second kappa shape index (κ2) is 18.6. The third kappa shape index (κ3) is 10.4. The van der Waals surface area contributed by atoms with E-state index in [0.29, 0.717) is 35.8 Å². The highest BCUT2D eigenvalue weighted by Crippen LogP contribution is 2.43. The maximum atomic E-state index is 13.9. The molecule has 3 fully saturated rings. The summed E-state index contributed by atoms with van der Waals surface area (Å²) in [7, 11) is -4.56. The fourth-order valence-electron chi connectivity index (χ4n) is 9.41. The molecular weight excluding hydrogens is 844 g/mol. The van der Waals surface area contributed by atoms with Crippen molar-refractivity contribution in [2.75, 3.05) is 88.2 Å². The van der Waals surface area contributed by atoms with Crippen molar-refractivity contribution in [3.8, 4) is 11.5 Å². The molecule has 63 heavy (non-hydrogen) atoms.